The van der Waals surface area contributed by atoms with Gasteiger partial charge in [-0.25, -0.2) is 9.59 Å². The molecule has 1 fully saturated rings. The first kappa shape index (κ1) is 29.3. The Labute approximate surface area is 246 Å². The number of alkyl carbamates (subject to hydrolysis) is 1. The van der Waals surface area contributed by atoms with Gasteiger partial charge in [0.1, 0.15) is 18.2 Å². The summed E-state index contributed by atoms with van der Waals surface area (Å²) in [6.45, 7) is 2.03. The summed E-state index contributed by atoms with van der Waals surface area (Å²) in [7, 11) is 1.51. The Morgan fingerprint density at radius 3 is 2.07 bits per heavy atom. The van der Waals surface area contributed by atoms with E-state index in [4.69, 9.17) is 9.47 Å². The second-order valence-corrected chi connectivity index (χ2v) is 11.2. The van der Waals surface area contributed by atoms with Crippen molar-refractivity contribution in [1.29, 1.82) is 0 Å². The van der Waals surface area contributed by atoms with Crippen LogP contribution in [0.4, 0.5) is 4.79 Å². The van der Waals surface area contributed by atoms with Gasteiger partial charge < -0.3 is 24.8 Å². The molecule has 8 heteroatoms. The van der Waals surface area contributed by atoms with Crippen molar-refractivity contribution < 1.29 is 29.0 Å². The number of carboxylic acids is 1. The zero-order valence-corrected chi connectivity index (χ0v) is 24.1. The normalized spacial score (nSPS) is 16.9. The number of carbonyl (C=O) groups is 3. The number of rotatable bonds is 10. The largest absolute Gasteiger partial charge is 0.479 e. The number of nitrogens with one attached hydrogen (secondary N) is 1. The van der Waals surface area contributed by atoms with Crippen LogP contribution in [0, 0.1) is 0 Å². The highest BCUT2D eigenvalue weighted by Crippen LogP contribution is 2.44. The second-order valence-electron chi connectivity index (χ2n) is 11.2. The number of ether oxygens (including phenoxy) is 2. The minimum atomic E-state index is -1.32. The van der Waals surface area contributed by atoms with Gasteiger partial charge in [0.2, 0.25) is 5.91 Å². The predicted octanol–water partition coefficient (Wildman–Crippen LogP) is 5.74. The van der Waals surface area contributed by atoms with Crippen LogP contribution in [0.25, 0.3) is 11.1 Å². The second kappa shape index (κ2) is 12.8. The van der Waals surface area contributed by atoms with Crippen molar-refractivity contribution in [3.63, 3.8) is 0 Å². The van der Waals surface area contributed by atoms with Crippen LogP contribution in [-0.2, 0) is 25.7 Å². The minimum Gasteiger partial charge on any atom is -0.479 e. The number of hydrogen-bond acceptors (Lipinski definition) is 5. The fraction of sp³-hybridized carbons (Fsp3) is 0.382. The summed E-state index contributed by atoms with van der Waals surface area (Å²) in [5.41, 5.74) is 3.99. The van der Waals surface area contributed by atoms with Gasteiger partial charge in [-0.15, -0.1) is 0 Å². The molecular formula is C34H38N2O6. The van der Waals surface area contributed by atoms with E-state index in [1.165, 1.54) is 11.9 Å². The van der Waals surface area contributed by atoms with E-state index in [1.54, 1.807) is 6.92 Å². The van der Waals surface area contributed by atoms with Crippen LogP contribution >= 0.6 is 0 Å². The Hall–Kier alpha value is -4.17. The number of benzene rings is 3. The lowest BCUT2D eigenvalue weighted by molar-refractivity contribution is -0.162. The molecule has 3 aromatic carbocycles. The number of likely N-dealkylation sites (N-methyl/N-ethyl adjacent to an activating group) is 1. The van der Waals surface area contributed by atoms with Crippen LogP contribution in [0.1, 0.15) is 61.6 Å². The summed E-state index contributed by atoms with van der Waals surface area (Å²) in [5, 5.41) is 12.9. The van der Waals surface area contributed by atoms with Gasteiger partial charge in [-0.3, -0.25) is 4.79 Å². The number of amides is 2. The quantitative estimate of drug-likeness (QED) is 0.322. The van der Waals surface area contributed by atoms with E-state index in [-0.39, 0.29) is 19.1 Å². The monoisotopic (exact) mass is 570 g/mol. The molecule has 0 spiro atoms. The van der Waals surface area contributed by atoms with Crippen molar-refractivity contribution in [3.8, 4) is 11.1 Å². The molecule has 5 rings (SSSR count). The molecule has 2 atom stereocenters. The van der Waals surface area contributed by atoms with Crippen molar-refractivity contribution >= 4 is 18.0 Å². The van der Waals surface area contributed by atoms with Gasteiger partial charge in [-0.2, -0.15) is 0 Å². The predicted molar refractivity (Wildman–Crippen MR) is 159 cm³/mol. The fourth-order valence-electron chi connectivity index (χ4n) is 6.29. The van der Waals surface area contributed by atoms with Gasteiger partial charge in [0, 0.05) is 13.0 Å². The van der Waals surface area contributed by atoms with Crippen molar-refractivity contribution in [2.75, 3.05) is 13.7 Å². The molecule has 0 aliphatic heterocycles. The average molecular weight is 571 g/mol. The smallest absolute Gasteiger partial charge is 0.407 e. The highest BCUT2D eigenvalue weighted by Gasteiger charge is 2.48. The summed E-state index contributed by atoms with van der Waals surface area (Å²) in [6, 6.07) is 24.5. The van der Waals surface area contributed by atoms with Gasteiger partial charge in [-0.05, 0) is 47.6 Å². The Bertz CT molecular complexity index is 1370. The molecule has 8 nitrogen and oxygen atoms in total. The zero-order chi connectivity index (χ0) is 29.7. The number of aliphatic carboxylic acids is 1. The molecule has 1 saturated carbocycles. The standard InChI is InChI=1S/C34H38N2O6/c1-23(41-21-24-13-5-3-6-14-24)30(31(37)36(2)34(32(38)39)19-11-4-12-20-34)35-33(40)42-22-29-27-17-9-7-15-25(27)26-16-8-10-18-28(26)29/h3,5-10,13-18,23,29-30H,4,11-12,19-22H2,1-2H3,(H,35,40)(H,38,39). The first-order valence-corrected chi connectivity index (χ1v) is 14.6. The van der Waals surface area contributed by atoms with Crippen molar-refractivity contribution in [2.24, 2.45) is 0 Å². The molecule has 0 radical (unpaired) electrons. The Morgan fingerprint density at radius 2 is 1.48 bits per heavy atom. The highest BCUT2D eigenvalue weighted by atomic mass is 16.5. The van der Waals surface area contributed by atoms with Gasteiger partial charge in [0.05, 0.1) is 12.7 Å². The molecule has 2 unspecified atom stereocenters. The Balaban J connectivity index is 1.33. The molecule has 0 saturated heterocycles. The van der Waals surface area contributed by atoms with Gasteiger partial charge >= 0.3 is 12.1 Å². The number of carbonyl (C=O) groups excluding carboxylic acids is 2. The molecule has 3 aromatic rings. The van der Waals surface area contributed by atoms with Crippen LogP contribution in [0.15, 0.2) is 78.9 Å². The summed E-state index contributed by atoms with van der Waals surface area (Å²) in [5.74, 6) is -1.69. The first-order valence-electron chi connectivity index (χ1n) is 14.6. The van der Waals surface area contributed by atoms with Crippen molar-refractivity contribution in [1.82, 2.24) is 10.2 Å². The molecule has 220 valence electrons. The number of hydrogen-bond donors (Lipinski definition) is 2. The zero-order valence-electron chi connectivity index (χ0n) is 24.1. The van der Waals surface area contributed by atoms with Crippen LogP contribution in [0.2, 0.25) is 0 Å². The lowest BCUT2D eigenvalue weighted by Gasteiger charge is -2.42. The summed E-state index contributed by atoms with van der Waals surface area (Å²) < 4.78 is 11.8. The van der Waals surface area contributed by atoms with E-state index < -0.39 is 35.7 Å². The number of fused-ring (bicyclic) bond motifs is 3. The molecule has 2 aliphatic rings. The molecular weight excluding hydrogens is 532 g/mol. The first-order chi connectivity index (χ1) is 20.3. The maximum absolute atomic E-state index is 13.9. The van der Waals surface area contributed by atoms with Gasteiger partial charge in [-0.1, -0.05) is 98.1 Å². The molecule has 2 amide bonds. The van der Waals surface area contributed by atoms with Crippen molar-refractivity contribution in [2.45, 2.75) is 69.2 Å². The van der Waals surface area contributed by atoms with Crippen LogP contribution < -0.4 is 5.32 Å². The van der Waals surface area contributed by atoms with E-state index in [2.05, 4.69) is 17.4 Å². The molecule has 0 aromatic heterocycles. The lowest BCUT2D eigenvalue weighted by atomic mass is 9.80. The highest BCUT2D eigenvalue weighted by molar-refractivity contribution is 5.91. The van der Waals surface area contributed by atoms with E-state index in [0.717, 1.165) is 34.2 Å². The van der Waals surface area contributed by atoms with Crippen LogP contribution in [0.3, 0.4) is 0 Å². The third-order valence-electron chi connectivity index (χ3n) is 8.76. The molecule has 2 N–H and O–H groups in total. The van der Waals surface area contributed by atoms with E-state index in [1.807, 2.05) is 66.7 Å². The third kappa shape index (κ3) is 5.90. The van der Waals surface area contributed by atoms with Gasteiger partial charge in [0.15, 0.2) is 0 Å². The van der Waals surface area contributed by atoms with Crippen LogP contribution in [0.5, 0.6) is 0 Å². The number of carboxylic acid groups (broad SMARTS) is 1. The van der Waals surface area contributed by atoms with E-state index >= 15 is 0 Å². The minimum absolute atomic E-state index is 0.0922. The number of nitrogens with zero attached hydrogens (tertiary/aromatic N) is 1. The average Bonchev–Trinajstić information content (AvgIpc) is 3.35. The summed E-state index contributed by atoms with van der Waals surface area (Å²) >= 11 is 0. The van der Waals surface area contributed by atoms with E-state index in [0.29, 0.717) is 25.7 Å². The van der Waals surface area contributed by atoms with Crippen molar-refractivity contribution in [3.05, 3.63) is 95.6 Å². The van der Waals surface area contributed by atoms with E-state index in [9.17, 15) is 19.5 Å². The SMILES string of the molecule is CC(OCc1ccccc1)C(NC(=O)OCC1c2ccccc2-c2ccccc21)C(=O)N(C)C1(C(=O)O)CCCCC1. The Morgan fingerprint density at radius 1 is 0.905 bits per heavy atom. The molecule has 0 bridgehead atoms. The Kier molecular flexibility index (Phi) is 8.92. The maximum Gasteiger partial charge on any atom is 0.407 e. The molecule has 42 heavy (non-hydrogen) atoms. The fourth-order valence-corrected chi connectivity index (χ4v) is 6.29. The lowest BCUT2D eigenvalue weighted by Crippen LogP contribution is -2.62. The summed E-state index contributed by atoms with van der Waals surface area (Å²) in [4.78, 5) is 41.0. The molecule has 0 heterocycles. The van der Waals surface area contributed by atoms with Gasteiger partial charge in [0.25, 0.3) is 0 Å². The molecule has 2 aliphatic carbocycles. The maximum atomic E-state index is 13.9. The van der Waals surface area contributed by atoms with Crippen LogP contribution in [-0.4, -0.2) is 59.3 Å². The third-order valence-corrected chi connectivity index (χ3v) is 8.76. The summed E-state index contributed by atoms with van der Waals surface area (Å²) in [6.07, 6.45) is 1.57. The topological polar surface area (TPSA) is 105 Å².